The van der Waals surface area contributed by atoms with E-state index in [0.29, 0.717) is 54.0 Å². The summed E-state index contributed by atoms with van der Waals surface area (Å²) in [7, 11) is 4.77. The number of methoxy groups -OCH3 is 3. The Kier molecular flexibility index (Phi) is 8.99. The molecule has 0 spiro atoms. The van der Waals surface area contributed by atoms with E-state index in [4.69, 9.17) is 19.2 Å². The van der Waals surface area contributed by atoms with Crippen LogP contribution in [0, 0.1) is 23.0 Å². The molecule has 1 aliphatic carbocycles. The van der Waals surface area contributed by atoms with Gasteiger partial charge in [0.25, 0.3) is 5.91 Å². The van der Waals surface area contributed by atoms with Crippen molar-refractivity contribution < 1.29 is 27.8 Å². The van der Waals surface area contributed by atoms with Gasteiger partial charge in [-0.3, -0.25) is 4.79 Å². The van der Waals surface area contributed by atoms with Gasteiger partial charge in [-0.25, -0.2) is 13.8 Å². The van der Waals surface area contributed by atoms with Crippen molar-refractivity contribution in [1.29, 1.82) is 0 Å². The van der Waals surface area contributed by atoms with Crippen LogP contribution in [0.15, 0.2) is 54.6 Å². The average molecular weight is 694 g/mol. The van der Waals surface area contributed by atoms with E-state index in [2.05, 4.69) is 37.0 Å². The summed E-state index contributed by atoms with van der Waals surface area (Å²) < 4.78 is 47.2. The number of hydrogen-bond donors (Lipinski definition) is 0. The summed E-state index contributed by atoms with van der Waals surface area (Å²) in [5.74, 6) is 1.10. The molecular weight excluding hydrogens is 652 g/mol. The van der Waals surface area contributed by atoms with Crippen LogP contribution in [0.5, 0.6) is 17.2 Å². The number of rotatable bonds is 7. The van der Waals surface area contributed by atoms with Gasteiger partial charge in [-0.1, -0.05) is 51.1 Å². The average Bonchev–Trinajstić information content (AvgIpc) is 3.53. The van der Waals surface area contributed by atoms with Gasteiger partial charge in [-0.2, -0.15) is 0 Å². The fourth-order valence-corrected chi connectivity index (χ4v) is 7.30. The lowest BCUT2D eigenvalue weighted by Gasteiger charge is -2.37. The third-order valence-electron chi connectivity index (χ3n) is 10.2. The summed E-state index contributed by atoms with van der Waals surface area (Å²) in [6.07, 6.45) is 3.68. The third-order valence-corrected chi connectivity index (χ3v) is 10.2. The number of nitrogens with zero attached hydrogens (tertiary/aromatic N) is 5. The fourth-order valence-electron chi connectivity index (χ4n) is 7.30. The molecule has 11 heteroatoms. The molecule has 1 atom stereocenters. The van der Waals surface area contributed by atoms with Gasteiger partial charge in [0.05, 0.1) is 44.6 Å². The van der Waals surface area contributed by atoms with Gasteiger partial charge in [0.1, 0.15) is 5.82 Å². The first kappa shape index (κ1) is 34.1. The highest BCUT2D eigenvalue weighted by Gasteiger charge is 2.37. The van der Waals surface area contributed by atoms with Gasteiger partial charge in [-0.15, -0.1) is 10.2 Å². The Labute approximate surface area is 295 Å². The molecule has 0 radical (unpaired) electrons. The van der Waals surface area contributed by atoms with E-state index in [1.807, 2.05) is 45.9 Å². The molecule has 3 aromatic carbocycles. The van der Waals surface area contributed by atoms with E-state index in [9.17, 15) is 13.6 Å². The highest BCUT2D eigenvalue weighted by Crippen LogP contribution is 2.46. The molecule has 0 fully saturated rings. The van der Waals surface area contributed by atoms with Crippen molar-refractivity contribution >= 4 is 28.5 Å². The minimum atomic E-state index is -0.897. The first-order valence-corrected chi connectivity index (χ1v) is 17.1. The fraction of sp³-hybridized carbons (Fsp3) is 0.350. The Balaban J connectivity index is 1.31. The first-order valence-electron chi connectivity index (χ1n) is 17.1. The third kappa shape index (κ3) is 6.30. The highest BCUT2D eigenvalue weighted by molar-refractivity contribution is 6.09. The van der Waals surface area contributed by atoms with Crippen LogP contribution in [-0.4, -0.2) is 58.4 Å². The van der Waals surface area contributed by atoms with Crippen molar-refractivity contribution in [3.8, 4) is 17.2 Å². The van der Waals surface area contributed by atoms with E-state index in [1.165, 1.54) is 6.07 Å². The van der Waals surface area contributed by atoms with E-state index >= 15 is 0 Å². The molecule has 7 rings (SSSR count). The number of aromatic nitrogens is 4. The monoisotopic (exact) mass is 693 g/mol. The first-order chi connectivity index (χ1) is 24.5. The van der Waals surface area contributed by atoms with Gasteiger partial charge >= 0.3 is 0 Å². The number of para-hydroxylation sites is 1. The minimum Gasteiger partial charge on any atom is -0.493 e. The number of carbonyl (C=O) groups is 1. The number of benzene rings is 3. The van der Waals surface area contributed by atoms with Gasteiger partial charge in [-0.05, 0) is 76.8 Å². The van der Waals surface area contributed by atoms with Crippen LogP contribution >= 0.6 is 0 Å². The Morgan fingerprint density at radius 1 is 0.941 bits per heavy atom. The minimum absolute atomic E-state index is 0.0584. The summed E-state index contributed by atoms with van der Waals surface area (Å²) in [4.78, 5) is 21.8. The predicted octanol–water partition coefficient (Wildman–Crippen LogP) is 7.53. The van der Waals surface area contributed by atoms with Crippen molar-refractivity contribution in [2.75, 3.05) is 27.9 Å². The zero-order valence-corrected chi connectivity index (χ0v) is 29.7. The molecule has 9 nitrogen and oxygen atoms in total. The molecule has 2 aliphatic rings. The zero-order chi connectivity index (χ0) is 36.0. The number of ether oxygens (including phenoxy) is 3. The molecule has 0 bridgehead atoms. The largest absolute Gasteiger partial charge is 0.493 e. The topological polar surface area (TPSA) is 91.6 Å². The maximum Gasteiger partial charge on any atom is 0.255 e. The highest BCUT2D eigenvalue weighted by atomic mass is 19.2. The standard InChI is InChI=1S/C40H41F2N5O4/c1-40(2,3)26-19-25(16-23-17-31(49-4)38(51-6)32(18-23)50-5)37-28(21-26)35(27-11-7-8-13-30(27)43-37)39(48)46-14-15-47-33(44-45-34(47)22-46)20-24-10-9-12-29(41)36(24)42/h7-13,16-18,26H,14-15,19-22H2,1-6H3/b25-16-. The lowest BCUT2D eigenvalue weighted by Crippen LogP contribution is -2.40. The van der Waals surface area contributed by atoms with Crippen LogP contribution in [0.25, 0.3) is 22.6 Å². The molecule has 5 aromatic rings. The van der Waals surface area contributed by atoms with Crippen LogP contribution in [0.4, 0.5) is 8.78 Å². The Bertz CT molecular complexity index is 2160. The van der Waals surface area contributed by atoms with Crippen LogP contribution in [0.1, 0.15) is 71.6 Å². The van der Waals surface area contributed by atoms with E-state index in [1.54, 1.807) is 27.4 Å². The normalized spacial score (nSPS) is 16.6. The number of carbonyl (C=O) groups excluding carboxylic acids is 1. The second-order valence-electron chi connectivity index (χ2n) is 14.2. The molecule has 0 saturated carbocycles. The van der Waals surface area contributed by atoms with Gasteiger partial charge in [0.15, 0.2) is 29.0 Å². The molecule has 1 aliphatic heterocycles. The molecule has 3 heterocycles. The quantitative estimate of drug-likeness (QED) is 0.174. The smallest absolute Gasteiger partial charge is 0.255 e. The zero-order valence-electron chi connectivity index (χ0n) is 29.7. The maximum absolute atomic E-state index is 14.8. The van der Waals surface area contributed by atoms with Crippen molar-refractivity contribution in [1.82, 2.24) is 24.6 Å². The summed E-state index contributed by atoms with van der Waals surface area (Å²) in [5.41, 5.74) is 5.17. The number of halogens is 2. The molecule has 264 valence electrons. The van der Waals surface area contributed by atoms with Crippen molar-refractivity contribution in [3.05, 3.63) is 106 Å². The molecule has 0 N–H and O–H groups in total. The number of allylic oxidation sites excluding steroid dienone is 1. The molecule has 2 aromatic heterocycles. The number of pyridine rings is 1. The van der Waals surface area contributed by atoms with E-state index in [0.717, 1.165) is 45.8 Å². The molecule has 0 saturated heterocycles. The van der Waals surface area contributed by atoms with Crippen molar-refractivity contribution in [2.45, 2.75) is 53.1 Å². The van der Waals surface area contributed by atoms with Gasteiger partial charge in [0.2, 0.25) is 5.75 Å². The maximum atomic E-state index is 14.8. The molecular formula is C40H41F2N5O4. The van der Waals surface area contributed by atoms with Crippen LogP contribution in [-0.2, 0) is 25.9 Å². The second kappa shape index (κ2) is 13.4. The number of hydrogen-bond acceptors (Lipinski definition) is 7. The molecule has 1 unspecified atom stereocenters. The predicted molar refractivity (Wildman–Crippen MR) is 191 cm³/mol. The lowest BCUT2D eigenvalue weighted by molar-refractivity contribution is 0.0706. The number of amides is 1. The SMILES string of the molecule is COc1cc(/C=C2/CC(C(C)(C)C)Cc3c2nc2ccccc2c3C(=O)N2CCn3c(Cc4cccc(F)c4F)nnc3C2)cc(OC)c1OC. The summed E-state index contributed by atoms with van der Waals surface area (Å²) in [6.45, 7) is 7.79. The van der Waals surface area contributed by atoms with Gasteiger partial charge < -0.3 is 23.7 Å². The summed E-state index contributed by atoms with van der Waals surface area (Å²) in [5, 5.41) is 9.50. The lowest BCUT2D eigenvalue weighted by atomic mass is 9.68. The Morgan fingerprint density at radius 2 is 1.69 bits per heavy atom. The Hall–Kier alpha value is -5.32. The molecule has 1 amide bonds. The number of fused-ring (bicyclic) bond motifs is 3. The van der Waals surface area contributed by atoms with Gasteiger partial charge in [0, 0.05) is 24.9 Å². The van der Waals surface area contributed by atoms with E-state index < -0.39 is 11.6 Å². The van der Waals surface area contributed by atoms with Crippen LogP contribution in [0.3, 0.4) is 0 Å². The van der Waals surface area contributed by atoms with Crippen molar-refractivity contribution in [3.63, 3.8) is 0 Å². The van der Waals surface area contributed by atoms with E-state index in [-0.39, 0.29) is 35.8 Å². The van der Waals surface area contributed by atoms with Crippen molar-refractivity contribution in [2.24, 2.45) is 11.3 Å². The second-order valence-corrected chi connectivity index (χ2v) is 14.2. The molecule has 51 heavy (non-hydrogen) atoms. The van der Waals surface area contributed by atoms with Crippen LogP contribution < -0.4 is 14.2 Å². The summed E-state index contributed by atoms with van der Waals surface area (Å²) in [6, 6.07) is 15.8. The Morgan fingerprint density at radius 3 is 2.39 bits per heavy atom. The van der Waals surface area contributed by atoms with Crippen LogP contribution in [0.2, 0.25) is 0 Å². The summed E-state index contributed by atoms with van der Waals surface area (Å²) >= 11 is 0.